The fourth-order valence-electron chi connectivity index (χ4n) is 3.39. The summed E-state index contributed by atoms with van der Waals surface area (Å²) >= 11 is 0. The van der Waals surface area contributed by atoms with Crippen molar-refractivity contribution in [1.82, 2.24) is 14.5 Å². The minimum atomic E-state index is -4.20. The lowest BCUT2D eigenvalue weighted by atomic mass is 10.1. The van der Waals surface area contributed by atoms with Crippen LogP contribution in [0.5, 0.6) is 0 Å². The fourth-order valence-corrected chi connectivity index (χ4v) is 4.46. The van der Waals surface area contributed by atoms with Crippen LogP contribution in [0.15, 0.2) is 54.6 Å². The number of rotatable bonds is 12. The van der Waals surface area contributed by atoms with E-state index in [0.29, 0.717) is 6.42 Å². The molecule has 0 saturated heterocycles. The first kappa shape index (κ1) is 28.3. The second-order valence-corrected chi connectivity index (χ2v) is 10.6. The number of hydrogen-bond donors (Lipinski definition) is 1. The molecule has 8 nitrogen and oxygen atoms in total. The van der Waals surface area contributed by atoms with Crippen LogP contribution in [0.2, 0.25) is 0 Å². The predicted octanol–water partition coefficient (Wildman–Crippen LogP) is 2.81. The van der Waals surface area contributed by atoms with Gasteiger partial charge in [0.15, 0.2) is 0 Å². The number of carbonyl (C=O) groups excluding carboxylic acids is 2. The molecule has 0 fully saturated rings. The summed E-state index contributed by atoms with van der Waals surface area (Å²) in [5.74, 6) is -1.72. The van der Waals surface area contributed by atoms with Crippen molar-refractivity contribution in [3.8, 4) is 0 Å². The third kappa shape index (κ3) is 7.50. The Morgan fingerprint density at radius 2 is 1.60 bits per heavy atom. The number of benzene rings is 2. The van der Waals surface area contributed by atoms with E-state index < -0.39 is 34.5 Å². The minimum absolute atomic E-state index is 0.0833. The van der Waals surface area contributed by atoms with Crippen LogP contribution in [0.1, 0.15) is 32.8 Å². The molecule has 1 N–H and O–H groups in total. The molecule has 35 heavy (non-hydrogen) atoms. The molecule has 2 atom stereocenters. The molecule has 0 heterocycles. The molecule has 2 amide bonds. The van der Waals surface area contributed by atoms with Crippen molar-refractivity contribution in [1.29, 1.82) is 0 Å². The zero-order valence-electron chi connectivity index (χ0n) is 20.9. The van der Waals surface area contributed by atoms with Crippen LogP contribution in [0, 0.1) is 5.82 Å². The van der Waals surface area contributed by atoms with E-state index in [9.17, 15) is 22.4 Å². The van der Waals surface area contributed by atoms with Crippen molar-refractivity contribution in [2.24, 2.45) is 0 Å². The summed E-state index contributed by atoms with van der Waals surface area (Å²) in [4.78, 5) is 27.8. The second-order valence-electron chi connectivity index (χ2n) is 8.56. The summed E-state index contributed by atoms with van der Waals surface area (Å²) in [6.45, 7) is 4.94. The second kappa shape index (κ2) is 12.6. The monoisotopic (exact) mass is 506 g/mol. The number of para-hydroxylation sites is 1. The summed E-state index contributed by atoms with van der Waals surface area (Å²) in [7, 11) is -1.58. The molecular weight excluding hydrogens is 471 g/mol. The number of nitrogens with zero attached hydrogens (tertiary/aromatic N) is 3. The average Bonchev–Trinajstić information content (AvgIpc) is 2.83. The number of amides is 2. The maximum atomic E-state index is 14.6. The van der Waals surface area contributed by atoms with Gasteiger partial charge in [0.25, 0.3) is 0 Å². The molecular formula is C25H35FN4O4S. The molecule has 0 saturated carbocycles. The van der Waals surface area contributed by atoms with Gasteiger partial charge in [-0.25, -0.2) is 8.70 Å². The van der Waals surface area contributed by atoms with E-state index >= 15 is 0 Å². The van der Waals surface area contributed by atoms with Gasteiger partial charge < -0.3 is 10.2 Å². The number of anilines is 1. The molecule has 192 valence electrons. The summed E-state index contributed by atoms with van der Waals surface area (Å²) in [5, 5.41) is 2.87. The standard InChI is InChI=1S/C25H35FN4O4S/c1-6-19(2)27-25(32)20(3)29(17-16-21-12-8-7-9-13-21)24(31)18-30(35(33,34)28(4)5)23-15-11-10-14-22(23)26/h7-15,19-20H,6,16-18H2,1-5H3,(H,27,32)/t19-,20+/m0/s1. The third-order valence-electron chi connectivity index (χ3n) is 5.79. The predicted molar refractivity (Wildman–Crippen MR) is 136 cm³/mol. The van der Waals surface area contributed by atoms with Crippen LogP contribution in [0.4, 0.5) is 10.1 Å². The maximum Gasteiger partial charge on any atom is 0.304 e. The van der Waals surface area contributed by atoms with Gasteiger partial charge in [0, 0.05) is 26.7 Å². The molecule has 0 aromatic heterocycles. The highest BCUT2D eigenvalue weighted by atomic mass is 32.2. The summed E-state index contributed by atoms with van der Waals surface area (Å²) < 4.78 is 42.3. The molecule has 0 unspecified atom stereocenters. The van der Waals surface area contributed by atoms with Crippen molar-refractivity contribution >= 4 is 27.7 Å². The molecule has 2 rings (SSSR count). The molecule has 0 aliphatic carbocycles. The fraction of sp³-hybridized carbons (Fsp3) is 0.440. The van der Waals surface area contributed by atoms with Crippen molar-refractivity contribution in [2.75, 3.05) is 31.5 Å². The Morgan fingerprint density at radius 3 is 2.17 bits per heavy atom. The van der Waals surface area contributed by atoms with Crippen molar-refractivity contribution < 1.29 is 22.4 Å². The summed E-state index contributed by atoms with van der Waals surface area (Å²) in [5.41, 5.74) is 0.723. The van der Waals surface area contributed by atoms with E-state index in [1.54, 1.807) is 6.92 Å². The quantitative estimate of drug-likeness (QED) is 0.479. The van der Waals surface area contributed by atoms with Crippen LogP contribution in [0.25, 0.3) is 0 Å². The lowest BCUT2D eigenvalue weighted by Crippen LogP contribution is -2.54. The summed E-state index contributed by atoms with van der Waals surface area (Å²) in [6, 6.07) is 13.9. The Bertz CT molecular complexity index is 1100. The SMILES string of the molecule is CC[C@H](C)NC(=O)[C@@H](C)N(CCc1ccccc1)C(=O)CN(c1ccccc1F)S(=O)(=O)N(C)C. The van der Waals surface area contributed by atoms with Gasteiger partial charge in [-0.05, 0) is 44.4 Å². The van der Waals surface area contributed by atoms with E-state index in [4.69, 9.17) is 0 Å². The minimum Gasteiger partial charge on any atom is -0.352 e. The Kier molecular flexibility index (Phi) is 10.2. The Labute approximate surface area is 207 Å². The van der Waals surface area contributed by atoms with E-state index in [0.717, 1.165) is 26.7 Å². The number of nitrogens with one attached hydrogen (secondary N) is 1. The van der Waals surface area contributed by atoms with Crippen LogP contribution >= 0.6 is 0 Å². The van der Waals surface area contributed by atoms with E-state index in [-0.39, 0.29) is 24.2 Å². The lowest BCUT2D eigenvalue weighted by molar-refractivity contribution is -0.139. The van der Waals surface area contributed by atoms with Gasteiger partial charge in [-0.2, -0.15) is 12.7 Å². The molecule has 0 bridgehead atoms. The van der Waals surface area contributed by atoms with Gasteiger partial charge in [0.2, 0.25) is 11.8 Å². The van der Waals surface area contributed by atoms with Crippen LogP contribution in [0.3, 0.4) is 0 Å². The number of halogens is 1. The maximum absolute atomic E-state index is 14.6. The Hall–Kier alpha value is -2.98. The first-order chi connectivity index (χ1) is 16.5. The number of carbonyl (C=O) groups is 2. The Morgan fingerprint density at radius 1 is 1.00 bits per heavy atom. The summed E-state index contributed by atoms with van der Waals surface area (Å²) in [6.07, 6.45) is 1.19. The van der Waals surface area contributed by atoms with Crippen molar-refractivity contribution in [2.45, 2.75) is 45.7 Å². The average molecular weight is 507 g/mol. The number of hydrogen-bond acceptors (Lipinski definition) is 4. The van der Waals surface area contributed by atoms with Crippen molar-refractivity contribution in [3.63, 3.8) is 0 Å². The van der Waals surface area contributed by atoms with Crippen LogP contribution in [-0.4, -0.2) is 68.7 Å². The normalized spacial score (nSPS) is 13.2. The van der Waals surface area contributed by atoms with Gasteiger partial charge >= 0.3 is 10.2 Å². The largest absolute Gasteiger partial charge is 0.352 e. The van der Waals surface area contributed by atoms with Gasteiger partial charge in [-0.15, -0.1) is 0 Å². The molecule has 0 spiro atoms. The molecule has 0 aliphatic heterocycles. The Balaban J connectivity index is 2.39. The van der Waals surface area contributed by atoms with Crippen LogP contribution in [-0.2, 0) is 26.2 Å². The topological polar surface area (TPSA) is 90.0 Å². The van der Waals surface area contributed by atoms with E-state index in [2.05, 4.69) is 5.32 Å². The molecule has 2 aromatic rings. The highest BCUT2D eigenvalue weighted by molar-refractivity contribution is 7.90. The molecule has 10 heteroatoms. The first-order valence-corrected chi connectivity index (χ1v) is 13.0. The molecule has 2 aromatic carbocycles. The molecule has 0 radical (unpaired) electrons. The lowest BCUT2D eigenvalue weighted by Gasteiger charge is -2.33. The van der Waals surface area contributed by atoms with E-state index in [1.807, 2.05) is 44.2 Å². The van der Waals surface area contributed by atoms with Gasteiger partial charge in [0.05, 0.1) is 5.69 Å². The highest BCUT2D eigenvalue weighted by Crippen LogP contribution is 2.23. The van der Waals surface area contributed by atoms with Crippen molar-refractivity contribution in [3.05, 3.63) is 66.0 Å². The third-order valence-corrected chi connectivity index (χ3v) is 7.60. The zero-order valence-corrected chi connectivity index (χ0v) is 21.8. The van der Waals surface area contributed by atoms with Crippen LogP contribution < -0.4 is 9.62 Å². The highest BCUT2D eigenvalue weighted by Gasteiger charge is 2.33. The zero-order chi connectivity index (χ0) is 26.2. The smallest absolute Gasteiger partial charge is 0.304 e. The van der Waals surface area contributed by atoms with E-state index in [1.165, 1.54) is 37.2 Å². The van der Waals surface area contributed by atoms with Gasteiger partial charge in [-0.1, -0.05) is 49.4 Å². The van der Waals surface area contributed by atoms with Gasteiger partial charge in [0.1, 0.15) is 18.4 Å². The molecule has 0 aliphatic rings. The van der Waals surface area contributed by atoms with Gasteiger partial charge in [-0.3, -0.25) is 9.59 Å². The first-order valence-electron chi connectivity index (χ1n) is 11.6.